The van der Waals surface area contributed by atoms with E-state index >= 15 is 0 Å². The third-order valence-electron chi connectivity index (χ3n) is 3.47. The van der Waals surface area contributed by atoms with Crippen LogP contribution in [0.3, 0.4) is 0 Å². The first-order chi connectivity index (χ1) is 9.32. The van der Waals surface area contributed by atoms with Crippen LogP contribution < -0.4 is 5.73 Å². The van der Waals surface area contributed by atoms with Gasteiger partial charge in [0.15, 0.2) is 0 Å². The van der Waals surface area contributed by atoms with E-state index < -0.39 is 23.5 Å². The maximum absolute atomic E-state index is 11.3. The molecule has 2 rings (SSSR count). The maximum Gasteiger partial charge on any atom is 0.325 e. The van der Waals surface area contributed by atoms with Crippen LogP contribution >= 0.6 is 11.6 Å². The van der Waals surface area contributed by atoms with Gasteiger partial charge in [-0.1, -0.05) is 23.7 Å². The zero-order valence-electron chi connectivity index (χ0n) is 10.6. The van der Waals surface area contributed by atoms with Crippen LogP contribution in [-0.4, -0.2) is 45.2 Å². The Kier molecular flexibility index (Phi) is 3.99. The van der Waals surface area contributed by atoms with Gasteiger partial charge >= 0.3 is 11.9 Å². The van der Waals surface area contributed by atoms with Crippen LogP contribution in [0.25, 0.3) is 0 Å². The number of benzene rings is 1. The molecule has 0 spiro atoms. The van der Waals surface area contributed by atoms with Crippen molar-refractivity contribution in [2.45, 2.75) is 24.5 Å². The Hall–Kier alpha value is -1.63. The quantitative estimate of drug-likeness (QED) is 0.759. The van der Waals surface area contributed by atoms with Crippen LogP contribution in [0.2, 0.25) is 5.02 Å². The minimum atomic E-state index is -1.53. The number of hydrogen-bond donors (Lipinski definition) is 3. The lowest BCUT2D eigenvalue weighted by Gasteiger charge is -2.21. The average molecular weight is 299 g/mol. The number of likely N-dealkylation sites (tertiary alicyclic amines) is 1. The van der Waals surface area contributed by atoms with Gasteiger partial charge < -0.3 is 15.9 Å². The summed E-state index contributed by atoms with van der Waals surface area (Å²) in [4.78, 5) is 24.0. The van der Waals surface area contributed by atoms with Crippen LogP contribution in [0, 0.1) is 0 Å². The number of nitrogens with two attached hydrogens (primary N) is 1. The summed E-state index contributed by atoms with van der Waals surface area (Å²) >= 11 is 5.88. The van der Waals surface area contributed by atoms with Crippen LogP contribution in [0.1, 0.15) is 12.0 Å². The summed E-state index contributed by atoms with van der Waals surface area (Å²) in [5.41, 5.74) is 5.07. The lowest BCUT2D eigenvalue weighted by molar-refractivity contribution is -0.142. The second kappa shape index (κ2) is 5.40. The fraction of sp³-hybridized carbons (Fsp3) is 0.385. The molecule has 1 heterocycles. The monoisotopic (exact) mass is 298 g/mol. The zero-order valence-corrected chi connectivity index (χ0v) is 11.4. The van der Waals surface area contributed by atoms with E-state index in [0.717, 1.165) is 5.56 Å². The van der Waals surface area contributed by atoms with Crippen molar-refractivity contribution < 1.29 is 19.8 Å². The maximum atomic E-state index is 11.3. The Balaban J connectivity index is 2.21. The second-order valence-corrected chi connectivity index (χ2v) is 5.49. The molecule has 4 N–H and O–H groups in total. The summed E-state index contributed by atoms with van der Waals surface area (Å²) < 4.78 is 0. The number of carboxylic acid groups (broad SMARTS) is 2. The van der Waals surface area contributed by atoms with Crippen molar-refractivity contribution in [1.82, 2.24) is 4.90 Å². The number of halogens is 1. The third kappa shape index (κ3) is 2.92. The highest BCUT2D eigenvalue weighted by Gasteiger charge is 2.49. The van der Waals surface area contributed by atoms with Crippen LogP contribution in [0.4, 0.5) is 0 Å². The van der Waals surface area contributed by atoms with Crippen molar-refractivity contribution in [2.24, 2.45) is 5.73 Å². The summed E-state index contributed by atoms with van der Waals surface area (Å²) in [5.74, 6) is -2.25. The summed E-state index contributed by atoms with van der Waals surface area (Å²) in [6, 6.07) is 6.10. The number of aliphatic carboxylic acids is 2. The van der Waals surface area contributed by atoms with E-state index in [9.17, 15) is 14.7 Å². The molecule has 0 amide bonds. The van der Waals surface area contributed by atoms with E-state index in [2.05, 4.69) is 0 Å². The van der Waals surface area contributed by atoms with E-state index in [1.807, 2.05) is 6.07 Å². The highest BCUT2D eigenvalue weighted by molar-refractivity contribution is 6.30. The van der Waals surface area contributed by atoms with Gasteiger partial charge in [-0.05, 0) is 17.7 Å². The van der Waals surface area contributed by atoms with Gasteiger partial charge in [0.05, 0.1) is 0 Å². The van der Waals surface area contributed by atoms with E-state index in [0.29, 0.717) is 11.6 Å². The lowest BCUT2D eigenvalue weighted by atomic mass is 9.98. The number of hydrogen-bond acceptors (Lipinski definition) is 4. The standard InChI is InChI=1S/C13H15ClN2O4/c14-9-3-1-2-8(4-9)6-16-7-13(15,12(19)20)5-10(16)11(17)18/h1-4,10H,5-7,15H2,(H,17,18)(H,19,20). The predicted octanol–water partition coefficient (Wildman–Crippen LogP) is 0.781. The highest BCUT2D eigenvalue weighted by Crippen LogP contribution is 2.28. The SMILES string of the molecule is NC1(C(=O)O)CC(C(=O)O)N(Cc2cccc(Cl)c2)C1. The minimum absolute atomic E-state index is 0.00812. The molecule has 0 bridgehead atoms. The highest BCUT2D eigenvalue weighted by atomic mass is 35.5. The van der Waals surface area contributed by atoms with Gasteiger partial charge in [-0.15, -0.1) is 0 Å². The number of rotatable bonds is 4. The molecule has 1 aliphatic rings. The number of nitrogens with zero attached hydrogens (tertiary/aromatic N) is 1. The topological polar surface area (TPSA) is 104 Å². The molecule has 0 radical (unpaired) electrons. The fourth-order valence-electron chi connectivity index (χ4n) is 2.45. The molecule has 1 aromatic rings. The molecule has 2 unspecified atom stereocenters. The smallest absolute Gasteiger partial charge is 0.325 e. The van der Waals surface area contributed by atoms with Crippen molar-refractivity contribution in [3.8, 4) is 0 Å². The number of carboxylic acids is 2. The van der Waals surface area contributed by atoms with E-state index in [1.54, 1.807) is 23.1 Å². The van der Waals surface area contributed by atoms with Crippen molar-refractivity contribution in [3.05, 3.63) is 34.9 Å². The largest absolute Gasteiger partial charge is 0.480 e. The Morgan fingerprint density at radius 3 is 2.70 bits per heavy atom. The van der Waals surface area contributed by atoms with Crippen molar-refractivity contribution in [1.29, 1.82) is 0 Å². The third-order valence-corrected chi connectivity index (χ3v) is 3.70. The Labute approximate surface area is 120 Å². The molecule has 1 aliphatic heterocycles. The molecular formula is C13H15ClN2O4. The molecule has 2 atom stereocenters. The first kappa shape index (κ1) is 14.8. The van der Waals surface area contributed by atoms with Gasteiger partial charge in [0.25, 0.3) is 0 Å². The zero-order chi connectivity index (χ0) is 14.9. The van der Waals surface area contributed by atoms with E-state index in [1.165, 1.54) is 0 Å². The molecule has 108 valence electrons. The first-order valence-corrected chi connectivity index (χ1v) is 6.43. The van der Waals surface area contributed by atoms with Crippen LogP contribution in [-0.2, 0) is 16.1 Å². The van der Waals surface area contributed by atoms with Crippen molar-refractivity contribution in [3.63, 3.8) is 0 Å². The van der Waals surface area contributed by atoms with Gasteiger partial charge in [-0.2, -0.15) is 0 Å². The molecule has 1 fully saturated rings. The summed E-state index contributed by atoms with van der Waals surface area (Å²) in [5, 5.41) is 18.9. The molecule has 6 nitrogen and oxygen atoms in total. The molecule has 7 heteroatoms. The summed E-state index contributed by atoms with van der Waals surface area (Å²) in [6.07, 6.45) is -0.113. The van der Waals surface area contributed by atoms with Gasteiger partial charge in [-0.25, -0.2) is 0 Å². The molecule has 0 saturated carbocycles. The van der Waals surface area contributed by atoms with Crippen molar-refractivity contribution in [2.75, 3.05) is 6.54 Å². The van der Waals surface area contributed by atoms with Gasteiger partial charge in [0.2, 0.25) is 0 Å². The van der Waals surface area contributed by atoms with E-state index in [-0.39, 0.29) is 13.0 Å². The molecule has 1 saturated heterocycles. The average Bonchev–Trinajstić information content (AvgIpc) is 2.68. The summed E-state index contributed by atoms with van der Waals surface area (Å²) in [7, 11) is 0. The molecule has 1 aromatic carbocycles. The Morgan fingerprint density at radius 1 is 1.45 bits per heavy atom. The Bertz CT molecular complexity index is 551. The van der Waals surface area contributed by atoms with Crippen LogP contribution in [0.15, 0.2) is 24.3 Å². The van der Waals surface area contributed by atoms with Crippen LogP contribution in [0.5, 0.6) is 0 Å². The lowest BCUT2D eigenvalue weighted by Crippen LogP contribution is -2.50. The predicted molar refractivity (Wildman–Crippen MR) is 72.5 cm³/mol. The molecule has 0 aromatic heterocycles. The number of carbonyl (C=O) groups is 2. The molecule has 0 aliphatic carbocycles. The normalized spacial score (nSPS) is 26.6. The minimum Gasteiger partial charge on any atom is -0.480 e. The van der Waals surface area contributed by atoms with Gasteiger partial charge in [-0.3, -0.25) is 14.5 Å². The van der Waals surface area contributed by atoms with Gasteiger partial charge in [0.1, 0.15) is 11.6 Å². The molecular weight excluding hydrogens is 284 g/mol. The Morgan fingerprint density at radius 2 is 2.15 bits per heavy atom. The second-order valence-electron chi connectivity index (χ2n) is 5.05. The molecule has 20 heavy (non-hydrogen) atoms. The van der Waals surface area contributed by atoms with Gasteiger partial charge in [0, 0.05) is 24.5 Å². The fourth-order valence-corrected chi connectivity index (χ4v) is 2.66. The first-order valence-electron chi connectivity index (χ1n) is 6.05. The van der Waals surface area contributed by atoms with E-state index in [4.69, 9.17) is 22.4 Å². The summed E-state index contributed by atoms with van der Waals surface area (Å²) in [6.45, 7) is 0.287. The van der Waals surface area contributed by atoms with Crippen molar-refractivity contribution >= 4 is 23.5 Å².